The summed E-state index contributed by atoms with van der Waals surface area (Å²) >= 11 is 0. The second-order valence-corrected chi connectivity index (χ2v) is 6.96. The number of carbonyl (C=O) groups excluding carboxylic acids is 1. The highest BCUT2D eigenvalue weighted by atomic mass is 16.3. The lowest BCUT2D eigenvalue weighted by Gasteiger charge is -2.29. The van der Waals surface area contributed by atoms with E-state index in [-0.39, 0.29) is 11.9 Å². The summed E-state index contributed by atoms with van der Waals surface area (Å²) in [5, 5.41) is 3.09. The highest BCUT2D eigenvalue weighted by Crippen LogP contribution is 2.24. The van der Waals surface area contributed by atoms with Gasteiger partial charge in [-0.3, -0.25) is 9.69 Å². The molecule has 3 rings (SSSR count). The molecule has 26 heavy (non-hydrogen) atoms. The van der Waals surface area contributed by atoms with Crippen LogP contribution in [0.1, 0.15) is 47.8 Å². The van der Waals surface area contributed by atoms with E-state index in [1.54, 1.807) is 18.5 Å². The highest BCUT2D eigenvalue weighted by molar-refractivity contribution is 5.98. The van der Waals surface area contributed by atoms with Crippen LogP contribution in [0, 0.1) is 0 Å². The zero-order valence-electron chi connectivity index (χ0n) is 15.6. The summed E-state index contributed by atoms with van der Waals surface area (Å²) in [7, 11) is 3.78. The Morgan fingerprint density at radius 1 is 1.23 bits per heavy atom. The zero-order chi connectivity index (χ0) is 18.4. The third-order valence-corrected chi connectivity index (χ3v) is 4.86. The van der Waals surface area contributed by atoms with Crippen LogP contribution >= 0.6 is 0 Å². The zero-order valence-corrected chi connectivity index (χ0v) is 15.6. The molecule has 6 nitrogen and oxygen atoms in total. The number of anilines is 1. The molecule has 2 aromatic heterocycles. The number of rotatable bonds is 6. The molecule has 1 fully saturated rings. The van der Waals surface area contributed by atoms with Gasteiger partial charge in [-0.2, -0.15) is 0 Å². The Balaban J connectivity index is 1.72. The van der Waals surface area contributed by atoms with Crippen molar-refractivity contribution in [2.24, 2.45) is 0 Å². The van der Waals surface area contributed by atoms with E-state index in [9.17, 15) is 4.79 Å². The fourth-order valence-electron chi connectivity index (χ4n) is 3.51. The van der Waals surface area contributed by atoms with Gasteiger partial charge >= 0.3 is 0 Å². The average molecular weight is 356 g/mol. The summed E-state index contributed by atoms with van der Waals surface area (Å²) in [4.78, 5) is 21.4. The number of aromatic nitrogens is 1. The normalized spacial score (nSPS) is 16.7. The quantitative estimate of drug-likeness (QED) is 0.862. The van der Waals surface area contributed by atoms with Gasteiger partial charge in [0.05, 0.1) is 17.9 Å². The number of carbonyl (C=O) groups is 1. The van der Waals surface area contributed by atoms with Crippen LogP contribution in [0.5, 0.6) is 0 Å². The summed E-state index contributed by atoms with van der Waals surface area (Å²) < 4.78 is 5.68. The van der Waals surface area contributed by atoms with Crippen molar-refractivity contribution in [2.75, 3.05) is 38.6 Å². The van der Waals surface area contributed by atoms with Gasteiger partial charge in [0.15, 0.2) is 0 Å². The monoisotopic (exact) mass is 356 g/mol. The van der Waals surface area contributed by atoms with Crippen LogP contribution in [-0.2, 0) is 0 Å². The van der Waals surface area contributed by atoms with Gasteiger partial charge in [-0.15, -0.1) is 0 Å². The molecule has 0 radical (unpaired) electrons. The number of amides is 1. The van der Waals surface area contributed by atoms with Gasteiger partial charge in [0.1, 0.15) is 11.6 Å². The van der Waals surface area contributed by atoms with E-state index in [0.717, 1.165) is 18.8 Å². The molecular formula is C20H28N4O2. The van der Waals surface area contributed by atoms with Crippen LogP contribution < -0.4 is 10.2 Å². The molecule has 2 aromatic rings. The summed E-state index contributed by atoms with van der Waals surface area (Å²) in [6.45, 7) is 2.60. The molecule has 3 heterocycles. The molecule has 1 aliphatic heterocycles. The van der Waals surface area contributed by atoms with Crippen LogP contribution in [0.3, 0.4) is 0 Å². The molecule has 0 aliphatic carbocycles. The van der Waals surface area contributed by atoms with Crippen molar-refractivity contribution in [1.29, 1.82) is 0 Å². The predicted octanol–water partition coefficient (Wildman–Crippen LogP) is 3.09. The standard InChI is InChI=1S/C20H28N4O2/c1-23(2)19-16(9-7-11-21-19)20(25)22-15-17(18-10-8-14-26-18)24-12-5-3-4-6-13-24/h7-11,14,17H,3-6,12-13,15H2,1-2H3,(H,22,25). The number of nitrogens with one attached hydrogen (secondary N) is 1. The van der Waals surface area contributed by atoms with Crippen LogP contribution in [0.4, 0.5) is 5.82 Å². The Morgan fingerprint density at radius 2 is 2.00 bits per heavy atom. The maximum atomic E-state index is 12.8. The lowest BCUT2D eigenvalue weighted by atomic mass is 10.1. The second-order valence-electron chi connectivity index (χ2n) is 6.96. The van der Waals surface area contributed by atoms with E-state index in [2.05, 4.69) is 15.2 Å². The van der Waals surface area contributed by atoms with Crippen LogP contribution in [0.2, 0.25) is 0 Å². The number of pyridine rings is 1. The number of hydrogen-bond donors (Lipinski definition) is 1. The van der Waals surface area contributed by atoms with Crippen LogP contribution in [0.15, 0.2) is 41.1 Å². The molecule has 1 amide bonds. The lowest BCUT2D eigenvalue weighted by molar-refractivity contribution is 0.0927. The van der Waals surface area contributed by atoms with Gasteiger partial charge in [0.25, 0.3) is 5.91 Å². The number of hydrogen-bond acceptors (Lipinski definition) is 5. The predicted molar refractivity (Wildman–Crippen MR) is 102 cm³/mol. The Bertz CT molecular complexity index is 692. The first-order valence-electron chi connectivity index (χ1n) is 9.35. The maximum absolute atomic E-state index is 12.8. The van der Waals surface area contributed by atoms with Crippen LogP contribution in [0.25, 0.3) is 0 Å². The topological polar surface area (TPSA) is 61.6 Å². The molecule has 0 spiro atoms. The molecule has 1 atom stereocenters. The van der Waals surface area contributed by atoms with Crippen molar-refractivity contribution < 1.29 is 9.21 Å². The van der Waals surface area contributed by atoms with Gasteiger partial charge in [0.2, 0.25) is 0 Å². The lowest BCUT2D eigenvalue weighted by Crippen LogP contribution is -2.38. The molecule has 140 valence electrons. The molecule has 1 saturated heterocycles. The van der Waals surface area contributed by atoms with E-state index in [1.807, 2.05) is 37.2 Å². The van der Waals surface area contributed by atoms with E-state index < -0.39 is 0 Å². The largest absolute Gasteiger partial charge is 0.468 e. The molecule has 1 aliphatic rings. The fraction of sp³-hybridized carbons (Fsp3) is 0.500. The second kappa shape index (κ2) is 8.85. The Morgan fingerprint density at radius 3 is 2.65 bits per heavy atom. The Labute approximate surface area is 155 Å². The third-order valence-electron chi connectivity index (χ3n) is 4.86. The molecule has 0 saturated carbocycles. The summed E-state index contributed by atoms with van der Waals surface area (Å²) in [6, 6.07) is 7.57. The van der Waals surface area contributed by atoms with Crippen molar-refractivity contribution in [3.8, 4) is 0 Å². The highest BCUT2D eigenvalue weighted by Gasteiger charge is 2.25. The Hall–Kier alpha value is -2.34. The molecular weight excluding hydrogens is 328 g/mol. The van der Waals surface area contributed by atoms with E-state index in [0.29, 0.717) is 17.9 Å². The molecule has 6 heteroatoms. The number of likely N-dealkylation sites (tertiary alicyclic amines) is 1. The average Bonchev–Trinajstić information content (AvgIpc) is 3.04. The molecule has 0 aromatic carbocycles. The minimum absolute atomic E-state index is 0.0616. The summed E-state index contributed by atoms with van der Waals surface area (Å²) in [5.41, 5.74) is 0.589. The van der Waals surface area contributed by atoms with Crippen LogP contribution in [-0.4, -0.2) is 49.5 Å². The van der Waals surface area contributed by atoms with Gasteiger partial charge in [-0.05, 0) is 50.2 Å². The molecule has 1 N–H and O–H groups in total. The summed E-state index contributed by atoms with van der Waals surface area (Å²) in [5.74, 6) is 1.48. The Kier molecular flexibility index (Phi) is 6.28. The van der Waals surface area contributed by atoms with E-state index in [4.69, 9.17) is 4.42 Å². The first-order valence-corrected chi connectivity index (χ1v) is 9.35. The van der Waals surface area contributed by atoms with Gasteiger partial charge < -0.3 is 14.6 Å². The van der Waals surface area contributed by atoms with E-state index in [1.165, 1.54) is 25.7 Å². The molecule has 1 unspecified atom stereocenters. The van der Waals surface area contributed by atoms with Gasteiger partial charge in [-0.25, -0.2) is 4.98 Å². The van der Waals surface area contributed by atoms with E-state index >= 15 is 0 Å². The first kappa shape index (κ1) is 18.5. The van der Waals surface area contributed by atoms with Crippen molar-refractivity contribution in [3.63, 3.8) is 0 Å². The SMILES string of the molecule is CN(C)c1ncccc1C(=O)NCC(c1ccco1)N1CCCCCC1. The number of furan rings is 1. The maximum Gasteiger partial charge on any atom is 0.255 e. The minimum Gasteiger partial charge on any atom is -0.468 e. The molecule has 0 bridgehead atoms. The fourth-order valence-corrected chi connectivity index (χ4v) is 3.51. The van der Waals surface area contributed by atoms with Crippen molar-refractivity contribution in [1.82, 2.24) is 15.2 Å². The minimum atomic E-state index is -0.104. The van der Waals surface area contributed by atoms with Crippen molar-refractivity contribution >= 4 is 11.7 Å². The third kappa shape index (κ3) is 4.43. The van der Waals surface area contributed by atoms with Gasteiger partial charge in [0, 0.05) is 26.8 Å². The first-order chi connectivity index (χ1) is 12.7. The van der Waals surface area contributed by atoms with Crippen molar-refractivity contribution in [3.05, 3.63) is 48.0 Å². The van der Waals surface area contributed by atoms with Crippen molar-refractivity contribution in [2.45, 2.75) is 31.7 Å². The van der Waals surface area contributed by atoms with Gasteiger partial charge in [-0.1, -0.05) is 12.8 Å². The number of nitrogens with zero attached hydrogens (tertiary/aromatic N) is 3. The summed E-state index contributed by atoms with van der Waals surface area (Å²) in [6.07, 6.45) is 8.34. The smallest absolute Gasteiger partial charge is 0.255 e.